The van der Waals surface area contributed by atoms with Gasteiger partial charge in [0.15, 0.2) is 11.2 Å². The highest BCUT2D eigenvalue weighted by atomic mass is 35.5. The normalized spacial score (nSPS) is 16.9. The molecule has 0 saturated carbocycles. The van der Waals surface area contributed by atoms with Crippen molar-refractivity contribution in [1.29, 1.82) is 0 Å². The predicted octanol–water partition coefficient (Wildman–Crippen LogP) is -0.322. The van der Waals surface area contributed by atoms with Gasteiger partial charge in [-0.15, -0.1) is 11.6 Å². The molecular formula is C17H26ClN5O4. The van der Waals surface area contributed by atoms with Crippen LogP contribution in [0.1, 0.15) is 18.7 Å². The number of hydrogen-bond acceptors (Lipinski definition) is 6. The molecule has 2 aromatic heterocycles. The monoisotopic (exact) mass is 399 g/mol. The van der Waals surface area contributed by atoms with Crippen LogP contribution in [0.15, 0.2) is 9.59 Å². The maximum absolute atomic E-state index is 12.3. The molecule has 2 N–H and O–H groups in total. The second-order valence-electron chi connectivity index (χ2n) is 6.85. The molecule has 1 saturated heterocycles. The molecule has 0 aliphatic carbocycles. The number of unbranched alkanes of at least 4 members (excludes halogenated alkanes) is 1. The van der Waals surface area contributed by atoms with E-state index in [2.05, 4.69) is 14.9 Å². The van der Waals surface area contributed by atoms with Crippen LogP contribution in [0.25, 0.3) is 11.2 Å². The summed E-state index contributed by atoms with van der Waals surface area (Å²) in [6, 6.07) is 0. The van der Waals surface area contributed by atoms with E-state index in [1.807, 2.05) is 0 Å². The third kappa shape index (κ3) is 4.60. The molecule has 0 aromatic carbocycles. The van der Waals surface area contributed by atoms with Crippen molar-refractivity contribution in [2.45, 2.75) is 31.9 Å². The fraction of sp³-hybridized carbons (Fsp3) is 0.706. The Bertz CT molecular complexity index is 884. The number of fused-ring (bicyclic) bond motifs is 1. The predicted molar refractivity (Wildman–Crippen MR) is 103 cm³/mol. The lowest BCUT2D eigenvalue weighted by atomic mass is 10.2. The average Bonchev–Trinajstić information content (AvgIpc) is 3.03. The van der Waals surface area contributed by atoms with Crippen molar-refractivity contribution in [1.82, 2.24) is 24.0 Å². The maximum atomic E-state index is 12.3. The number of aliphatic hydroxyl groups excluding tert-OH is 1. The topological polar surface area (TPSA) is 105 Å². The molecule has 1 aliphatic rings. The molecule has 9 nitrogen and oxygen atoms in total. The minimum atomic E-state index is -0.798. The van der Waals surface area contributed by atoms with Crippen molar-refractivity contribution in [3.05, 3.63) is 26.7 Å². The Balaban J connectivity index is 1.79. The van der Waals surface area contributed by atoms with Crippen LogP contribution in [0.3, 0.4) is 0 Å². The van der Waals surface area contributed by atoms with Crippen LogP contribution >= 0.6 is 11.6 Å². The molecule has 1 atom stereocenters. The summed E-state index contributed by atoms with van der Waals surface area (Å²) >= 11 is 5.74. The average molecular weight is 400 g/mol. The van der Waals surface area contributed by atoms with E-state index < -0.39 is 17.4 Å². The van der Waals surface area contributed by atoms with Gasteiger partial charge in [0.25, 0.3) is 5.56 Å². The van der Waals surface area contributed by atoms with Gasteiger partial charge in [-0.05, 0) is 19.4 Å². The Morgan fingerprint density at radius 1 is 1.30 bits per heavy atom. The van der Waals surface area contributed by atoms with E-state index in [9.17, 15) is 14.7 Å². The van der Waals surface area contributed by atoms with Crippen molar-refractivity contribution in [3.8, 4) is 0 Å². The van der Waals surface area contributed by atoms with Crippen LogP contribution in [0.5, 0.6) is 0 Å². The molecular weight excluding hydrogens is 374 g/mol. The molecule has 27 heavy (non-hydrogen) atoms. The van der Waals surface area contributed by atoms with Crippen LogP contribution in [-0.4, -0.2) is 73.9 Å². The van der Waals surface area contributed by atoms with Crippen LogP contribution in [0, 0.1) is 0 Å². The largest absolute Gasteiger partial charge is 0.390 e. The number of imidazole rings is 1. The SMILES string of the molecule is Cn1c(=O)[nH]c(=O)c2c1nc(CCCCN1CCOCC1)n2CC(O)CCl. The van der Waals surface area contributed by atoms with Crippen LogP contribution in [0.2, 0.25) is 0 Å². The highest BCUT2D eigenvalue weighted by Crippen LogP contribution is 2.15. The standard InChI is InChI=1S/C17H26ClN5O4/c1-21-15-14(16(25)20-17(21)26)23(11-12(24)10-18)13(19-15)4-2-3-5-22-6-8-27-9-7-22/h12,24H,2-11H2,1H3,(H,20,25,26). The number of nitrogens with one attached hydrogen (secondary N) is 1. The van der Waals surface area contributed by atoms with Gasteiger partial charge < -0.3 is 14.4 Å². The minimum absolute atomic E-state index is 0.0554. The number of aryl methyl sites for hydroxylation is 2. The Kier molecular flexibility index (Phi) is 6.69. The van der Waals surface area contributed by atoms with Crippen LogP contribution < -0.4 is 11.2 Å². The van der Waals surface area contributed by atoms with Gasteiger partial charge in [-0.2, -0.15) is 0 Å². The summed E-state index contributed by atoms with van der Waals surface area (Å²) < 4.78 is 8.36. The molecule has 0 amide bonds. The summed E-state index contributed by atoms with van der Waals surface area (Å²) in [4.78, 5) is 33.4. The van der Waals surface area contributed by atoms with Gasteiger partial charge >= 0.3 is 5.69 Å². The van der Waals surface area contributed by atoms with E-state index in [1.54, 1.807) is 11.6 Å². The Morgan fingerprint density at radius 3 is 2.74 bits per heavy atom. The van der Waals surface area contributed by atoms with Crippen LogP contribution in [0.4, 0.5) is 0 Å². The summed E-state index contributed by atoms with van der Waals surface area (Å²) in [6.45, 7) is 4.63. The van der Waals surface area contributed by atoms with E-state index in [1.165, 1.54) is 4.57 Å². The maximum Gasteiger partial charge on any atom is 0.329 e. The molecule has 0 spiro atoms. The number of morpholine rings is 1. The van der Waals surface area contributed by atoms with Crippen LogP contribution in [-0.2, 0) is 24.8 Å². The van der Waals surface area contributed by atoms with E-state index >= 15 is 0 Å². The molecule has 1 aliphatic heterocycles. The number of ether oxygens (including phenoxy) is 1. The fourth-order valence-corrected chi connectivity index (χ4v) is 3.47. The number of rotatable bonds is 8. The first-order valence-electron chi connectivity index (χ1n) is 9.23. The smallest absolute Gasteiger partial charge is 0.329 e. The summed E-state index contributed by atoms with van der Waals surface area (Å²) in [6.07, 6.45) is 1.75. The summed E-state index contributed by atoms with van der Waals surface area (Å²) in [5.41, 5.74) is -0.381. The summed E-state index contributed by atoms with van der Waals surface area (Å²) in [5, 5.41) is 9.99. The van der Waals surface area contributed by atoms with E-state index in [-0.39, 0.29) is 12.4 Å². The summed E-state index contributed by atoms with van der Waals surface area (Å²) in [7, 11) is 1.57. The van der Waals surface area contributed by atoms with Gasteiger partial charge in [-0.1, -0.05) is 0 Å². The van der Waals surface area contributed by atoms with Crippen molar-refractivity contribution >= 4 is 22.8 Å². The van der Waals surface area contributed by atoms with Gasteiger partial charge in [-0.3, -0.25) is 19.2 Å². The molecule has 10 heteroatoms. The number of H-pyrrole nitrogens is 1. The Morgan fingerprint density at radius 2 is 2.04 bits per heavy atom. The molecule has 2 aromatic rings. The molecule has 0 bridgehead atoms. The highest BCUT2D eigenvalue weighted by molar-refractivity contribution is 6.18. The quantitative estimate of drug-likeness (QED) is 0.465. The molecule has 3 rings (SSSR count). The zero-order valence-electron chi connectivity index (χ0n) is 15.5. The van der Waals surface area contributed by atoms with Crippen molar-refractivity contribution in [2.24, 2.45) is 7.05 Å². The first-order chi connectivity index (χ1) is 13.0. The van der Waals surface area contributed by atoms with E-state index in [0.29, 0.717) is 23.4 Å². The zero-order chi connectivity index (χ0) is 19.4. The number of halogens is 1. The summed E-state index contributed by atoms with van der Waals surface area (Å²) in [5.74, 6) is 0.739. The number of aromatic nitrogens is 4. The van der Waals surface area contributed by atoms with E-state index in [0.717, 1.165) is 45.7 Å². The lowest BCUT2D eigenvalue weighted by Gasteiger charge is -2.26. The first-order valence-corrected chi connectivity index (χ1v) is 9.77. The van der Waals surface area contributed by atoms with Crippen molar-refractivity contribution in [2.75, 3.05) is 38.7 Å². The first kappa shape index (κ1) is 20.1. The molecule has 150 valence electrons. The van der Waals surface area contributed by atoms with E-state index in [4.69, 9.17) is 16.3 Å². The lowest BCUT2D eigenvalue weighted by Crippen LogP contribution is -2.36. The number of alkyl halides is 1. The molecule has 0 radical (unpaired) electrons. The number of aromatic amines is 1. The van der Waals surface area contributed by atoms with Gasteiger partial charge in [-0.25, -0.2) is 9.78 Å². The highest BCUT2D eigenvalue weighted by Gasteiger charge is 2.19. The number of hydrogen-bond donors (Lipinski definition) is 2. The number of aliphatic hydroxyl groups is 1. The fourth-order valence-electron chi connectivity index (χ4n) is 3.37. The van der Waals surface area contributed by atoms with Gasteiger partial charge in [0.05, 0.1) is 31.7 Å². The Hall–Kier alpha value is -1.68. The lowest BCUT2D eigenvalue weighted by molar-refractivity contribution is 0.0372. The molecule has 1 fully saturated rings. The number of nitrogens with zero attached hydrogens (tertiary/aromatic N) is 4. The molecule has 3 heterocycles. The van der Waals surface area contributed by atoms with Gasteiger partial charge in [0, 0.05) is 26.6 Å². The van der Waals surface area contributed by atoms with Crippen molar-refractivity contribution < 1.29 is 9.84 Å². The minimum Gasteiger partial charge on any atom is -0.390 e. The second kappa shape index (κ2) is 9.01. The van der Waals surface area contributed by atoms with Gasteiger partial charge in [0.1, 0.15) is 5.82 Å². The Labute approximate surface area is 161 Å². The molecule has 1 unspecified atom stereocenters. The van der Waals surface area contributed by atoms with Gasteiger partial charge in [0.2, 0.25) is 0 Å². The zero-order valence-corrected chi connectivity index (χ0v) is 16.2. The third-order valence-corrected chi connectivity index (χ3v) is 5.24. The van der Waals surface area contributed by atoms with Crippen molar-refractivity contribution in [3.63, 3.8) is 0 Å². The third-order valence-electron chi connectivity index (χ3n) is 4.89. The second-order valence-corrected chi connectivity index (χ2v) is 7.16.